The van der Waals surface area contributed by atoms with E-state index in [0.717, 1.165) is 57.1 Å². The summed E-state index contributed by atoms with van der Waals surface area (Å²) in [4.78, 5) is 0. The van der Waals surface area contributed by atoms with Crippen LogP contribution >= 0.6 is 0 Å². The van der Waals surface area contributed by atoms with Crippen LogP contribution in [0.2, 0.25) is 0 Å². The molecule has 26 heavy (non-hydrogen) atoms. The van der Waals surface area contributed by atoms with Gasteiger partial charge < -0.3 is 4.42 Å². The molecule has 1 fully saturated rings. The molecule has 6 nitrogen and oxygen atoms in total. The average molecular weight is 378 g/mol. The molecule has 1 saturated carbocycles. The molecule has 2 aliphatic carbocycles. The first-order valence-corrected chi connectivity index (χ1v) is 11.1. The van der Waals surface area contributed by atoms with Gasteiger partial charge in [0.1, 0.15) is 5.76 Å². The second kappa shape index (κ2) is 7.19. The number of fused-ring (bicyclic) bond motifs is 1. The predicted molar refractivity (Wildman–Crippen MR) is 99.0 cm³/mol. The summed E-state index contributed by atoms with van der Waals surface area (Å²) in [6, 6.07) is 3.64. The van der Waals surface area contributed by atoms with Crippen molar-refractivity contribution < 1.29 is 12.8 Å². The lowest BCUT2D eigenvalue weighted by molar-refractivity contribution is 0.341. The van der Waals surface area contributed by atoms with Crippen LogP contribution in [0.4, 0.5) is 0 Å². The van der Waals surface area contributed by atoms with E-state index in [9.17, 15) is 8.42 Å². The number of nitrogens with zero attached hydrogens (tertiary/aromatic N) is 3. The first-order chi connectivity index (χ1) is 12.6. The largest absolute Gasteiger partial charge is 0.468 e. The van der Waals surface area contributed by atoms with Crippen molar-refractivity contribution in [2.75, 3.05) is 0 Å². The smallest absolute Gasteiger partial charge is 0.217 e. The van der Waals surface area contributed by atoms with Crippen molar-refractivity contribution in [3.63, 3.8) is 0 Å². The van der Waals surface area contributed by atoms with Gasteiger partial charge in [-0.1, -0.05) is 19.3 Å². The van der Waals surface area contributed by atoms with Crippen LogP contribution in [0, 0.1) is 0 Å². The number of rotatable bonds is 6. The molecule has 2 aliphatic rings. The Morgan fingerprint density at radius 2 is 2.00 bits per heavy atom. The van der Waals surface area contributed by atoms with Crippen molar-refractivity contribution in [3.05, 3.63) is 41.1 Å². The zero-order valence-electron chi connectivity index (χ0n) is 15.4. The first kappa shape index (κ1) is 17.8. The molecule has 4 rings (SSSR count). The van der Waals surface area contributed by atoms with E-state index < -0.39 is 10.0 Å². The van der Waals surface area contributed by atoms with E-state index in [2.05, 4.69) is 5.10 Å². The molecule has 2 aromatic heterocycles. The van der Waals surface area contributed by atoms with E-state index in [4.69, 9.17) is 4.42 Å². The lowest BCUT2D eigenvalue weighted by atomic mass is 10.0. The molecule has 0 atom stereocenters. The van der Waals surface area contributed by atoms with Gasteiger partial charge in [-0.3, -0.25) is 4.68 Å². The van der Waals surface area contributed by atoms with E-state index in [-0.39, 0.29) is 11.8 Å². The van der Waals surface area contributed by atoms with Crippen LogP contribution in [0.5, 0.6) is 0 Å². The van der Waals surface area contributed by atoms with E-state index >= 15 is 0 Å². The summed E-state index contributed by atoms with van der Waals surface area (Å²) in [7, 11) is -1.42. The van der Waals surface area contributed by atoms with Gasteiger partial charge in [0.05, 0.1) is 30.3 Å². The SMILES string of the molecule is Cn1nc(CN(Cc2ccco2)S(=O)(=O)C2CCCCC2)c2c1CCC2. The summed E-state index contributed by atoms with van der Waals surface area (Å²) < 4.78 is 35.7. The summed E-state index contributed by atoms with van der Waals surface area (Å²) >= 11 is 0. The van der Waals surface area contributed by atoms with E-state index in [0.29, 0.717) is 12.3 Å². The van der Waals surface area contributed by atoms with Gasteiger partial charge in [0, 0.05) is 12.7 Å². The third-order valence-electron chi connectivity index (χ3n) is 5.77. The molecular weight excluding hydrogens is 350 g/mol. The van der Waals surface area contributed by atoms with Gasteiger partial charge in [0.15, 0.2) is 0 Å². The minimum absolute atomic E-state index is 0.275. The minimum atomic E-state index is -3.38. The zero-order chi connectivity index (χ0) is 18.1. The quantitative estimate of drug-likeness (QED) is 0.775. The normalized spacial score (nSPS) is 18.5. The number of aromatic nitrogens is 2. The lowest BCUT2D eigenvalue weighted by Crippen LogP contribution is -2.39. The Hall–Kier alpha value is -1.60. The summed E-state index contributed by atoms with van der Waals surface area (Å²) in [6.45, 7) is 0.611. The number of sulfonamides is 1. The summed E-state index contributed by atoms with van der Waals surface area (Å²) in [5.41, 5.74) is 3.41. The average Bonchev–Trinajstić information content (AvgIpc) is 3.36. The Bertz CT molecular complexity index is 849. The fourth-order valence-corrected chi connectivity index (χ4v) is 6.34. The molecule has 0 aromatic carbocycles. The molecule has 0 unspecified atom stereocenters. The Kier molecular flexibility index (Phi) is 4.92. The maximum Gasteiger partial charge on any atom is 0.217 e. The molecule has 0 spiro atoms. The standard InChI is InChI=1S/C19H27N3O3S/c1-21-19-11-5-10-17(19)18(20-21)14-22(13-15-7-6-12-25-15)26(23,24)16-8-3-2-4-9-16/h6-7,12,16H,2-5,8-11,13-14H2,1H3. The third kappa shape index (κ3) is 3.34. The van der Waals surface area contributed by atoms with Crippen molar-refractivity contribution in [3.8, 4) is 0 Å². The van der Waals surface area contributed by atoms with E-state index in [1.807, 2.05) is 17.8 Å². The highest BCUT2D eigenvalue weighted by atomic mass is 32.2. The van der Waals surface area contributed by atoms with Crippen LogP contribution in [-0.2, 0) is 43.0 Å². The topological polar surface area (TPSA) is 68.3 Å². The summed E-state index contributed by atoms with van der Waals surface area (Å²) in [6.07, 6.45) is 9.41. The van der Waals surface area contributed by atoms with Crippen LogP contribution in [0.1, 0.15) is 61.2 Å². The second-order valence-corrected chi connectivity index (χ2v) is 9.71. The van der Waals surface area contributed by atoms with Gasteiger partial charge in [0.2, 0.25) is 10.0 Å². The molecular formula is C19H27N3O3S. The van der Waals surface area contributed by atoms with Gasteiger partial charge in [0.25, 0.3) is 0 Å². The number of hydrogen-bond donors (Lipinski definition) is 0. The van der Waals surface area contributed by atoms with Crippen molar-refractivity contribution >= 4 is 10.0 Å². The lowest BCUT2D eigenvalue weighted by Gasteiger charge is -2.29. The molecule has 2 heterocycles. The first-order valence-electron chi connectivity index (χ1n) is 9.60. The number of aryl methyl sites for hydroxylation is 1. The van der Waals surface area contributed by atoms with Gasteiger partial charge in [-0.2, -0.15) is 9.40 Å². The van der Waals surface area contributed by atoms with Crippen LogP contribution in [0.3, 0.4) is 0 Å². The molecule has 0 amide bonds. The fraction of sp³-hybridized carbons (Fsp3) is 0.632. The predicted octanol–water partition coefficient (Wildman–Crippen LogP) is 3.17. The molecule has 0 N–H and O–H groups in total. The van der Waals surface area contributed by atoms with E-state index in [1.54, 1.807) is 16.6 Å². The number of furan rings is 1. The Morgan fingerprint density at radius 1 is 1.19 bits per heavy atom. The molecule has 142 valence electrons. The maximum absolute atomic E-state index is 13.4. The van der Waals surface area contributed by atoms with Crippen molar-refractivity contribution in [2.45, 2.75) is 69.7 Å². The van der Waals surface area contributed by atoms with Crippen LogP contribution in [-0.4, -0.2) is 27.8 Å². The summed E-state index contributed by atoms with van der Waals surface area (Å²) in [5.74, 6) is 0.678. The van der Waals surface area contributed by atoms with Crippen LogP contribution in [0.15, 0.2) is 22.8 Å². The van der Waals surface area contributed by atoms with Crippen molar-refractivity contribution in [1.29, 1.82) is 0 Å². The van der Waals surface area contributed by atoms with Crippen LogP contribution in [0.25, 0.3) is 0 Å². The van der Waals surface area contributed by atoms with Crippen LogP contribution < -0.4 is 0 Å². The van der Waals surface area contributed by atoms with Gasteiger partial charge in [-0.05, 0) is 49.8 Å². The maximum atomic E-state index is 13.4. The Balaban J connectivity index is 1.63. The van der Waals surface area contributed by atoms with E-state index in [1.165, 1.54) is 11.3 Å². The molecule has 0 radical (unpaired) electrons. The van der Waals surface area contributed by atoms with Crippen molar-refractivity contribution in [2.24, 2.45) is 7.05 Å². The molecule has 0 saturated heterocycles. The highest BCUT2D eigenvalue weighted by molar-refractivity contribution is 7.89. The van der Waals surface area contributed by atoms with Gasteiger partial charge in [-0.15, -0.1) is 0 Å². The highest BCUT2D eigenvalue weighted by Crippen LogP contribution is 2.30. The molecule has 2 aromatic rings. The zero-order valence-corrected chi connectivity index (χ0v) is 16.2. The minimum Gasteiger partial charge on any atom is -0.468 e. The van der Waals surface area contributed by atoms with Gasteiger partial charge >= 0.3 is 0 Å². The highest BCUT2D eigenvalue weighted by Gasteiger charge is 2.35. The van der Waals surface area contributed by atoms with Gasteiger partial charge in [-0.25, -0.2) is 8.42 Å². The summed E-state index contributed by atoms with van der Waals surface area (Å²) in [5, 5.41) is 4.36. The van der Waals surface area contributed by atoms with Crippen molar-refractivity contribution in [1.82, 2.24) is 14.1 Å². The Morgan fingerprint density at radius 3 is 2.73 bits per heavy atom. The third-order valence-corrected chi connectivity index (χ3v) is 8.06. The molecule has 0 bridgehead atoms. The molecule has 7 heteroatoms. The fourth-order valence-electron chi connectivity index (χ4n) is 4.38. The molecule has 0 aliphatic heterocycles. The second-order valence-electron chi connectivity index (χ2n) is 7.50. The monoisotopic (exact) mass is 377 g/mol. The Labute approximate surface area is 155 Å². The number of hydrogen-bond acceptors (Lipinski definition) is 4.